The van der Waals surface area contributed by atoms with Crippen LogP contribution in [0.4, 0.5) is 0 Å². The number of nitrogens with two attached hydrogens (primary N) is 1. The van der Waals surface area contributed by atoms with Crippen molar-refractivity contribution in [3.8, 4) is 0 Å². The van der Waals surface area contributed by atoms with E-state index >= 15 is 0 Å². The monoisotopic (exact) mass is 784 g/mol. The number of amides is 2. The maximum absolute atomic E-state index is 13.2. The fraction of sp³-hybridized carbons (Fsp3) is 0.957. The van der Waals surface area contributed by atoms with E-state index in [1.54, 1.807) is 0 Å². The Labute approximate surface area is 340 Å². The molecule has 0 fully saturated rings. The van der Waals surface area contributed by atoms with Crippen LogP contribution >= 0.6 is 0 Å². The van der Waals surface area contributed by atoms with Crippen LogP contribution in [-0.2, 0) is 28.5 Å². The van der Waals surface area contributed by atoms with Gasteiger partial charge in [-0.25, -0.2) is 0 Å². The lowest BCUT2D eigenvalue weighted by molar-refractivity contribution is -0.160. The third-order valence-electron chi connectivity index (χ3n) is 14.1. The average Bonchev–Trinajstić information content (AvgIpc) is 2.99. The highest BCUT2D eigenvalue weighted by Gasteiger charge is 2.45. The Morgan fingerprint density at radius 3 is 1.55 bits per heavy atom. The van der Waals surface area contributed by atoms with Gasteiger partial charge in [-0.15, -0.1) is 0 Å². The molecule has 4 unspecified atom stereocenters. The highest BCUT2D eigenvalue weighted by Crippen LogP contribution is 2.44. The summed E-state index contributed by atoms with van der Waals surface area (Å²) in [6.45, 7) is 51.3. The molecule has 2 amide bonds. The van der Waals surface area contributed by atoms with E-state index in [4.69, 9.17) is 24.7 Å². The molecule has 0 aliphatic heterocycles. The van der Waals surface area contributed by atoms with Crippen molar-refractivity contribution in [1.82, 2.24) is 10.6 Å². The van der Waals surface area contributed by atoms with Gasteiger partial charge in [0.25, 0.3) is 0 Å². The van der Waals surface area contributed by atoms with Gasteiger partial charge in [0.05, 0.1) is 35.6 Å². The molecule has 0 aromatic rings. The Morgan fingerprint density at radius 2 is 1.05 bits per heavy atom. The van der Waals surface area contributed by atoms with Crippen molar-refractivity contribution < 1.29 is 28.5 Å². The third kappa shape index (κ3) is 16.5. The number of hydrogen-bond acceptors (Lipinski definition) is 7. The van der Waals surface area contributed by atoms with Crippen LogP contribution in [0.25, 0.3) is 0 Å². The van der Waals surface area contributed by atoms with E-state index in [2.05, 4.69) is 142 Å². The Kier molecular flexibility index (Phi) is 19.2. The van der Waals surface area contributed by atoms with Gasteiger partial charge in [0.2, 0.25) is 0 Å². The van der Waals surface area contributed by atoms with Crippen molar-refractivity contribution in [2.75, 3.05) is 26.4 Å². The zero-order chi connectivity index (χ0) is 43.9. The summed E-state index contributed by atoms with van der Waals surface area (Å²) in [5, 5.41) is 5.92. The van der Waals surface area contributed by atoms with Crippen molar-refractivity contribution in [3.05, 3.63) is 0 Å². The number of nitrogens with one attached hydrogen (secondary N) is 2. The van der Waals surface area contributed by atoms with E-state index in [1.807, 2.05) is 27.7 Å². The highest BCUT2D eigenvalue weighted by atomic mass is 16.5. The van der Waals surface area contributed by atoms with Crippen molar-refractivity contribution in [3.63, 3.8) is 0 Å². The number of rotatable bonds is 25. The number of hydrogen-bond donors (Lipinski definition) is 3. The first-order valence-electron chi connectivity index (χ1n) is 21.3. The molecule has 0 aliphatic rings. The Bertz CT molecular complexity index is 1200. The minimum absolute atomic E-state index is 0.0182. The quantitative estimate of drug-likeness (QED) is 0.0789. The average molecular weight is 784 g/mol. The molecular weight excluding hydrogens is 691 g/mol. The molecule has 0 aromatic carbocycles. The number of carbonyl (C=O) groups is 2. The van der Waals surface area contributed by atoms with Gasteiger partial charge in [0, 0.05) is 36.8 Å². The normalized spacial score (nSPS) is 16.7. The minimum atomic E-state index is -0.684. The smallest absolute Gasteiger partial charge is 0.309 e. The van der Waals surface area contributed by atoms with Gasteiger partial charge in [0.15, 0.2) is 0 Å². The SMILES string of the molecule is CCCOC(C)(C)CC(C)(C)C(C)NC(=O)C(=O)NC(C)(C)C(C)COC(C)(C)C(C)(C)CCOC(C)(C)C(C)(C)C(C)COC(C)(C)CC(C)(C)C(C)N. The molecule has 4 N–H and O–H groups in total. The zero-order valence-electron chi connectivity index (χ0n) is 40.5. The maximum Gasteiger partial charge on any atom is 0.309 e. The minimum Gasteiger partial charge on any atom is -0.376 e. The van der Waals surface area contributed by atoms with Crippen LogP contribution in [0, 0.1) is 33.5 Å². The maximum atomic E-state index is 13.2. The van der Waals surface area contributed by atoms with Crippen molar-refractivity contribution >= 4 is 11.8 Å². The molecule has 4 atom stereocenters. The van der Waals surface area contributed by atoms with Crippen LogP contribution in [0.15, 0.2) is 0 Å². The van der Waals surface area contributed by atoms with Gasteiger partial charge < -0.3 is 35.3 Å². The second-order valence-corrected chi connectivity index (χ2v) is 22.5. The molecule has 0 aliphatic carbocycles. The summed E-state index contributed by atoms with van der Waals surface area (Å²) < 4.78 is 25.9. The van der Waals surface area contributed by atoms with Crippen LogP contribution in [0.3, 0.4) is 0 Å². The molecule has 0 saturated carbocycles. The van der Waals surface area contributed by atoms with E-state index in [1.165, 1.54) is 0 Å². The largest absolute Gasteiger partial charge is 0.376 e. The molecule has 0 saturated heterocycles. The topological polar surface area (TPSA) is 121 Å². The lowest BCUT2D eigenvalue weighted by Gasteiger charge is -2.48. The number of ether oxygens (including phenoxy) is 4. The second-order valence-electron chi connectivity index (χ2n) is 22.5. The summed E-state index contributed by atoms with van der Waals surface area (Å²) in [4.78, 5) is 26.2. The van der Waals surface area contributed by atoms with Crippen molar-refractivity contribution in [2.24, 2.45) is 39.2 Å². The van der Waals surface area contributed by atoms with Gasteiger partial charge in [0.1, 0.15) is 0 Å². The highest BCUT2D eigenvalue weighted by molar-refractivity contribution is 6.35. The lowest BCUT2D eigenvalue weighted by atomic mass is 9.68. The molecule has 0 radical (unpaired) electrons. The standard InChI is InChI=1S/C46H93N3O6/c1-24-26-52-41(12,13)31-39(8,9)35(5)48-36(50)37(51)49-44(18,19)33(3)29-55-45(20,21)40(10,11)25-27-53-46(22,23)43(16,17)32(2)28-54-42(14,15)30-38(6,7)34(4)47/h32-35H,24-31,47H2,1-23H3,(H,48,50)(H,49,51). The van der Waals surface area contributed by atoms with Gasteiger partial charge >= 0.3 is 11.8 Å². The molecule has 0 aromatic heterocycles. The van der Waals surface area contributed by atoms with E-state index in [-0.39, 0.29) is 56.8 Å². The Hall–Kier alpha value is -1.26. The van der Waals surface area contributed by atoms with E-state index in [9.17, 15) is 9.59 Å². The van der Waals surface area contributed by atoms with Gasteiger partial charge in [-0.05, 0) is 136 Å². The summed E-state index contributed by atoms with van der Waals surface area (Å²) in [6.07, 6.45) is 3.36. The Balaban J connectivity index is 5.30. The molecule has 0 spiro atoms. The summed E-state index contributed by atoms with van der Waals surface area (Å²) in [7, 11) is 0. The van der Waals surface area contributed by atoms with Crippen molar-refractivity contribution in [2.45, 2.75) is 225 Å². The lowest BCUT2D eigenvalue weighted by Crippen LogP contribution is -2.56. The summed E-state index contributed by atoms with van der Waals surface area (Å²) in [5.74, 6) is -1.09. The zero-order valence-corrected chi connectivity index (χ0v) is 40.5. The fourth-order valence-electron chi connectivity index (χ4n) is 6.86. The molecule has 0 rings (SSSR count). The molecule has 328 valence electrons. The van der Waals surface area contributed by atoms with Gasteiger partial charge in [-0.1, -0.05) is 76.2 Å². The fourth-order valence-corrected chi connectivity index (χ4v) is 6.86. The predicted molar refractivity (Wildman–Crippen MR) is 231 cm³/mol. The van der Waals surface area contributed by atoms with E-state index in [0.717, 1.165) is 25.7 Å². The molecular formula is C46H93N3O6. The van der Waals surface area contributed by atoms with Crippen LogP contribution in [0.1, 0.15) is 185 Å². The van der Waals surface area contributed by atoms with Crippen molar-refractivity contribution in [1.29, 1.82) is 0 Å². The molecule has 0 bridgehead atoms. The number of carbonyl (C=O) groups excluding carboxylic acids is 2. The molecule has 55 heavy (non-hydrogen) atoms. The third-order valence-corrected chi connectivity index (χ3v) is 14.1. The first kappa shape index (κ1) is 53.7. The van der Waals surface area contributed by atoms with Crippen LogP contribution in [-0.4, -0.2) is 78.3 Å². The molecule has 0 heterocycles. The van der Waals surface area contributed by atoms with Crippen LogP contribution < -0.4 is 16.4 Å². The molecule has 9 nitrogen and oxygen atoms in total. The summed E-state index contributed by atoms with van der Waals surface area (Å²) in [5.41, 5.74) is 3.39. The van der Waals surface area contributed by atoms with Crippen LogP contribution in [0.2, 0.25) is 0 Å². The predicted octanol–water partition coefficient (Wildman–Crippen LogP) is 9.87. The van der Waals surface area contributed by atoms with Gasteiger partial charge in [-0.2, -0.15) is 0 Å². The summed E-state index contributed by atoms with van der Waals surface area (Å²) >= 11 is 0. The first-order valence-corrected chi connectivity index (χ1v) is 21.3. The molecule has 9 heteroatoms. The summed E-state index contributed by atoms with van der Waals surface area (Å²) in [6, 6.07) is -0.151. The van der Waals surface area contributed by atoms with Gasteiger partial charge in [-0.3, -0.25) is 9.59 Å². The Morgan fingerprint density at radius 1 is 0.582 bits per heavy atom. The van der Waals surface area contributed by atoms with E-state index < -0.39 is 28.6 Å². The van der Waals surface area contributed by atoms with Crippen LogP contribution in [0.5, 0.6) is 0 Å². The first-order chi connectivity index (χ1) is 24.3. The second kappa shape index (κ2) is 19.7. The van der Waals surface area contributed by atoms with E-state index in [0.29, 0.717) is 26.4 Å².